The van der Waals surface area contributed by atoms with Crippen LogP contribution in [0.25, 0.3) is 0 Å². The molecule has 44 valence electrons. The Bertz CT molecular complexity index is 17.2. The second-order valence-electron chi connectivity index (χ2n) is 1.14. The Hall–Kier alpha value is 1.99. The molecular weight excluding hydrogens is 329 g/mol. The van der Waals surface area contributed by atoms with Crippen LogP contribution in [-0.2, 0) is 0 Å². The van der Waals surface area contributed by atoms with Crippen LogP contribution >= 0.6 is 48.0 Å². The number of unbranched alkanes of at least 4 members (excludes halogenated alkanes) is 1. The smallest absolute Gasteiger partial charge is 0.118 e. The summed E-state index contributed by atoms with van der Waals surface area (Å²) in [4.78, 5) is 0. The van der Waals surface area contributed by atoms with E-state index in [0.717, 1.165) is 0 Å². The quantitative estimate of drug-likeness (QED) is 0.536. The molecule has 0 fully saturated rings. The SMILES string of the molecule is CCC[CH2][Al].I.I. The Morgan fingerprint density at radius 1 is 1.29 bits per heavy atom. The molecule has 0 aromatic rings. The summed E-state index contributed by atoms with van der Waals surface area (Å²) in [5.74, 6) is 0. The fourth-order valence-electron chi connectivity index (χ4n) is 0.204. The Labute approximate surface area is 88.3 Å². The van der Waals surface area contributed by atoms with E-state index in [1.807, 2.05) is 0 Å². The zero-order valence-corrected chi connectivity index (χ0v) is 10.3. The number of rotatable bonds is 2. The third-order valence-corrected chi connectivity index (χ3v) is 0.966. The van der Waals surface area contributed by atoms with Crippen LogP contribution in [0, 0.1) is 0 Å². The van der Waals surface area contributed by atoms with Gasteiger partial charge in [0.1, 0.15) is 16.3 Å². The summed E-state index contributed by atoms with van der Waals surface area (Å²) in [6.07, 6.45) is 2.67. The molecular formula is C4H11AlI2. The lowest BCUT2D eigenvalue weighted by Crippen LogP contribution is -1.63. The topological polar surface area (TPSA) is 0 Å². The summed E-state index contributed by atoms with van der Waals surface area (Å²) in [7, 11) is 0. The van der Waals surface area contributed by atoms with Crippen LogP contribution in [-0.4, -0.2) is 16.3 Å². The van der Waals surface area contributed by atoms with Crippen molar-refractivity contribution in [1.82, 2.24) is 0 Å². The normalized spacial score (nSPS) is 5.86. The van der Waals surface area contributed by atoms with Gasteiger partial charge in [0.15, 0.2) is 0 Å². The van der Waals surface area contributed by atoms with E-state index < -0.39 is 0 Å². The number of halogens is 2. The largest absolute Gasteiger partial charge is 0.118 e. The van der Waals surface area contributed by atoms with Crippen molar-refractivity contribution < 1.29 is 0 Å². The van der Waals surface area contributed by atoms with Gasteiger partial charge in [-0.05, 0) is 0 Å². The maximum absolute atomic E-state index is 2.70. The third-order valence-electron chi connectivity index (χ3n) is 0.558. The van der Waals surface area contributed by atoms with Gasteiger partial charge in [-0.3, -0.25) is 0 Å². The zero-order valence-electron chi connectivity index (χ0n) is 4.52. The van der Waals surface area contributed by atoms with Gasteiger partial charge in [0.25, 0.3) is 0 Å². The van der Waals surface area contributed by atoms with E-state index in [4.69, 9.17) is 0 Å². The molecule has 0 heterocycles. The molecule has 2 radical (unpaired) electrons. The van der Waals surface area contributed by atoms with Gasteiger partial charge in [0, 0.05) is 0 Å². The van der Waals surface area contributed by atoms with Crippen LogP contribution in [0.15, 0.2) is 0 Å². The fourth-order valence-corrected chi connectivity index (χ4v) is 0.612. The van der Waals surface area contributed by atoms with Gasteiger partial charge in [-0.15, -0.1) is 53.2 Å². The van der Waals surface area contributed by atoms with Crippen molar-refractivity contribution in [3.63, 3.8) is 0 Å². The molecule has 3 heteroatoms. The highest BCUT2D eigenvalue weighted by atomic mass is 127. The average molecular weight is 340 g/mol. The predicted octanol–water partition coefficient (Wildman–Crippen LogP) is 2.61. The second-order valence-corrected chi connectivity index (χ2v) is 1.72. The molecule has 0 unspecified atom stereocenters. The summed E-state index contributed by atoms with van der Waals surface area (Å²) in [5, 5.41) is 1.26. The lowest BCUT2D eigenvalue weighted by Gasteiger charge is -1.79. The molecule has 0 N–H and O–H groups in total. The summed E-state index contributed by atoms with van der Waals surface area (Å²) in [6.45, 7) is 2.20. The van der Waals surface area contributed by atoms with E-state index in [0.29, 0.717) is 0 Å². The first kappa shape index (κ1) is 16.0. The van der Waals surface area contributed by atoms with Crippen molar-refractivity contribution in [2.24, 2.45) is 0 Å². The lowest BCUT2D eigenvalue weighted by atomic mass is 10.4. The fraction of sp³-hybridized carbons (Fsp3) is 1.00. The molecule has 0 bridgehead atoms. The van der Waals surface area contributed by atoms with Crippen molar-refractivity contribution in [2.45, 2.75) is 25.0 Å². The molecule has 0 aliphatic rings. The van der Waals surface area contributed by atoms with Crippen LogP contribution in [0.5, 0.6) is 0 Å². The van der Waals surface area contributed by atoms with Gasteiger partial charge in [-0.25, -0.2) is 0 Å². The van der Waals surface area contributed by atoms with Gasteiger partial charge < -0.3 is 0 Å². The molecule has 0 rings (SSSR count). The molecule has 0 aliphatic heterocycles. The van der Waals surface area contributed by atoms with Crippen molar-refractivity contribution >= 4 is 64.2 Å². The van der Waals surface area contributed by atoms with E-state index in [1.165, 1.54) is 18.1 Å². The maximum Gasteiger partial charge on any atom is 0.118 e. The van der Waals surface area contributed by atoms with Gasteiger partial charge in [0.05, 0.1) is 0 Å². The van der Waals surface area contributed by atoms with Crippen molar-refractivity contribution in [1.29, 1.82) is 0 Å². The van der Waals surface area contributed by atoms with Crippen molar-refractivity contribution in [3.05, 3.63) is 0 Å². The first-order chi connectivity index (χ1) is 2.41. The first-order valence-corrected chi connectivity index (χ1v) is 2.93. The average Bonchev–Trinajstić information content (AvgIpc) is 1.41. The van der Waals surface area contributed by atoms with E-state index >= 15 is 0 Å². The molecule has 0 aliphatic carbocycles. The first-order valence-electron chi connectivity index (χ1n) is 2.12. The van der Waals surface area contributed by atoms with Gasteiger partial charge >= 0.3 is 0 Å². The molecule has 0 saturated carbocycles. The van der Waals surface area contributed by atoms with Crippen LogP contribution in [0.2, 0.25) is 5.28 Å². The van der Waals surface area contributed by atoms with Crippen LogP contribution < -0.4 is 0 Å². The highest BCUT2D eigenvalue weighted by Crippen LogP contribution is 1.86. The lowest BCUT2D eigenvalue weighted by molar-refractivity contribution is 0.884. The highest BCUT2D eigenvalue weighted by Gasteiger charge is 1.67. The Kier molecular flexibility index (Phi) is 35.8. The molecule has 0 saturated heterocycles. The molecule has 0 nitrogen and oxygen atoms in total. The summed E-state index contributed by atoms with van der Waals surface area (Å²) in [6, 6.07) is 0. The molecule has 0 amide bonds. The van der Waals surface area contributed by atoms with Crippen molar-refractivity contribution in [3.8, 4) is 0 Å². The van der Waals surface area contributed by atoms with Crippen LogP contribution in [0.1, 0.15) is 19.8 Å². The summed E-state index contributed by atoms with van der Waals surface area (Å²) < 4.78 is 0. The monoisotopic (exact) mass is 340 g/mol. The number of hydrogen-bond acceptors (Lipinski definition) is 0. The Balaban J connectivity index is -0.0000000800. The van der Waals surface area contributed by atoms with Crippen LogP contribution in [0.3, 0.4) is 0 Å². The second kappa shape index (κ2) is 15.7. The Morgan fingerprint density at radius 2 is 1.71 bits per heavy atom. The maximum atomic E-state index is 2.70. The molecule has 0 spiro atoms. The van der Waals surface area contributed by atoms with Crippen molar-refractivity contribution in [2.75, 3.05) is 0 Å². The minimum atomic E-state index is 0. The third kappa shape index (κ3) is 18.0. The molecule has 7 heavy (non-hydrogen) atoms. The minimum absolute atomic E-state index is 0. The van der Waals surface area contributed by atoms with E-state index in [2.05, 4.69) is 23.2 Å². The van der Waals surface area contributed by atoms with Gasteiger partial charge in [-0.1, -0.05) is 19.8 Å². The van der Waals surface area contributed by atoms with Gasteiger partial charge in [0.2, 0.25) is 0 Å². The Morgan fingerprint density at radius 3 is 1.71 bits per heavy atom. The molecule has 0 aromatic heterocycles. The summed E-state index contributed by atoms with van der Waals surface area (Å²) in [5.41, 5.74) is 0. The molecule has 0 aromatic carbocycles. The zero-order chi connectivity index (χ0) is 4.12. The van der Waals surface area contributed by atoms with Crippen LogP contribution in [0.4, 0.5) is 0 Å². The summed E-state index contributed by atoms with van der Waals surface area (Å²) >= 11 is 2.70. The standard InChI is InChI=1S/C4H9.Al.2HI/c1-3-4-2;;;/h1,3-4H2,2H3;;2*1H. The predicted molar refractivity (Wildman–Crippen MR) is 56.3 cm³/mol. The van der Waals surface area contributed by atoms with E-state index in [-0.39, 0.29) is 48.0 Å². The van der Waals surface area contributed by atoms with E-state index in [1.54, 1.807) is 0 Å². The highest BCUT2D eigenvalue weighted by molar-refractivity contribution is 14.0. The van der Waals surface area contributed by atoms with E-state index in [9.17, 15) is 0 Å². The number of hydrogen-bond donors (Lipinski definition) is 0. The minimum Gasteiger partial charge on any atom is -0.118 e. The molecule has 0 atom stereocenters. The van der Waals surface area contributed by atoms with Gasteiger partial charge in [-0.2, -0.15) is 0 Å².